The lowest BCUT2D eigenvalue weighted by molar-refractivity contribution is -0.177. The van der Waals surface area contributed by atoms with Gasteiger partial charge in [0.1, 0.15) is 11.4 Å². The second-order valence-electron chi connectivity index (χ2n) is 3.48. The van der Waals surface area contributed by atoms with Crippen LogP contribution in [0.1, 0.15) is 12.0 Å². The van der Waals surface area contributed by atoms with Gasteiger partial charge in [-0.15, -0.1) is 0 Å². The van der Waals surface area contributed by atoms with Crippen molar-refractivity contribution in [2.75, 3.05) is 20.3 Å². The first-order valence-electron chi connectivity index (χ1n) is 4.70. The van der Waals surface area contributed by atoms with Crippen LogP contribution in [0.4, 0.5) is 0 Å². The second-order valence-corrected chi connectivity index (χ2v) is 3.48. The molecule has 2 rings (SSSR count). The summed E-state index contributed by atoms with van der Waals surface area (Å²) in [5, 5.41) is 9.29. The summed E-state index contributed by atoms with van der Waals surface area (Å²) in [7, 11) is 1.63. The minimum Gasteiger partial charge on any atom is -0.497 e. The summed E-state index contributed by atoms with van der Waals surface area (Å²) >= 11 is 0. The average molecular weight is 194 g/mol. The molecule has 1 aliphatic heterocycles. The number of aliphatic hydroxyl groups is 1. The van der Waals surface area contributed by atoms with Gasteiger partial charge in [-0.25, -0.2) is 0 Å². The molecule has 1 fully saturated rings. The molecule has 0 spiro atoms. The fourth-order valence-corrected chi connectivity index (χ4v) is 1.70. The van der Waals surface area contributed by atoms with Gasteiger partial charge in [0.15, 0.2) is 0 Å². The van der Waals surface area contributed by atoms with Crippen molar-refractivity contribution < 1.29 is 14.6 Å². The fraction of sp³-hybridized carbons (Fsp3) is 0.455. The summed E-state index contributed by atoms with van der Waals surface area (Å²) in [4.78, 5) is 0. The molecule has 1 atom stereocenters. The maximum atomic E-state index is 9.29. The molecule has 1 aromatic carbocycles. The van der Waals surface area contributed by atoms with Gasteiger partial charge < -0.3 is 14.6 Å². The maximum Gasteiger partial charge on any atom is 0.119 e. The molecule has 1 N–H and O–H groups in total. The van der Waals surface area contributed by atoms with Crippen LogP contribution in [0, 0.1) is 0 Å². The molecule has 76 valence electrons. The summed E-state index contributed by atoms with van der Waals surface area (Å²) in [6, 6.07) is 7.66. The standard InChI is InChI=1S/C11H14O3/c1-13-10-4-2-3-9(7-10)11(8-12)5-6-14-11/h2-4,7,12H,5-6,8H2,1H3. The van der Waals surface area contributed by atoms with Crippen LogP contribution in [0.5, 0.6) is 5.75 Å². The Morgan fingerprint density at radius 1 is 1.57 bits per heavy atom. The Morgan fingerprint density at radius 2 is 2.36 bits per heavy atom. The van der Waals surface area contributed by atoms with Crippen molar-refractivity contribution >= 4 is 0 Å². The third kappa shape index (κ3) is 1.38. The first-order chi connectivity index (χ1) is 6.80. The van der Waals surface area contributed by atoms with Crippen molar-refractivity contribution in [1.29, 1.82) is 0 Å². The van der Waals surface area contributed by atoms with Crippen molar-refractivity contribution in [2.45, 2.75) is 12.0 Å². The molecular weight excluding hydrogens is 180 g/mol. The minimum absolute atomic E-state index is 0.0279. The Kier molecular flexibility index (Phi) is 2.44. The van der Waals surface area contributed by atoms with Crippen LogP contribution in [-0.2, 0) is 10.3 Å². The SMILES string of the molecule is COc1cccc(C2(CO)CCO2)c1. The van der Waals surface area contributed by atoms with E-state index in [0.29, 0.717) is 0 Å². The van der Waals surface area contributed by atoms with Gasteiger partial charge in [-0.05, 0) is 17.7 Å². The second kappa shape index (κ2) is 3.59. The van der Waals surface area contributed by atoms with Crippen LogP contribution in [0.25, 0.3) is 0 Å². The zero-order valence-electron chi connectivity index (χ0n) is 8.19. The van der Waals surface area contributed by atoms with Crippen LogP contribution in [0.2, 0.25) is 0 Å². The Labute approximate surface area is 83.3 Å². The summed E-state index contributed by atoms with van der Waals surface area (Å²) in [5.74, 6) is 0.797. The number of ether oxygens (including phenoxy) is 2. The van der Waals surface area contributed by atoms with Gasteiger partial charge in [0.2, 0.25) is 0 Å². The maximum absolute atomic E-state index is 9.29. The molecule has 1 saturated heterocycles. The molecule has 1 unspecified atom stereocenters. The topological polar surface area (TPSA) is 38.7 Å². The van der Waals surface area contributed by atoms with Gasteiger partial charge in [0, 0.05) is 6.42 Å². The Hall–Kier alpha value is -1.06. The highest BCUT2D eigenvalue weighted by atomic mass is 16.5. The lowest BCUT2D eigenvalue weighted by atomic mass is 9.87. The van der Waals surface area contributed by atoms with E-state index in [-0.39, 0.29) is 6.61 Å². The highest BCUT2D eigenvalue weighted by Gasteiger charge is 2.39. The molecule has 14 heavy (non-hydrogen) atoms. The van der Waals surface area contributed by atoms with E-state index in [1.165, 1.54) is 0 Å². The molecular formula is C11H14O3. The molecule has 1 aromatic rings. The molecule has 0 saturated carbocycles. The summed E-state index contributed by atoms with van der Waals surface area (Å²) < 4.78 is 10.6. The number of rotatable bonds is 3. The monoisotopic (exact) mass is 194 g/mol. The van der Waals surface area contributed by atoms with Crippen LogP contribution in [-0.4, -0.2) is 25.4 Å². The fourth-order valence-electron chi connectivity index (χ4n) is 1.70. The van der Waals surface area contributed by atoms with Crippen LogP contribution < -0.4 is 4.74 Å². The highest BCUT2D eigenvalue weighted by molar-refractivity contribution is 5.33. The predicted molar refractivity (Wildman–Crippen MR) is 52.3 cm³/mol. The van der Waals surface area contributed by atoms with Gasteiger partial charge in [-0.1, -0.05) is 12.1 Å². The van der Waals surface area contributed by atoms with E-state index in [1.807, 2.05) is 24.3 Å². The third-order valence-electron chi connectivity index (χ3n) is 2.74. The average Bonchev–Trinajstić information content (AvgIpc) is 2.18. The van der Waals surface area contributed by atoms with Gasteiger partial charge in [0.05, 0.1) is 20.3 Å². The Bertz CT molecular complexity index is 313. The third-order valence-corrected chi connectivity index (χ3v) is 2.74. The molecule has 3 heteroatoms. The highest BCUT2D eigenvalue weighted by Crippen LogP contribution is 2.37. The van der Waals surface area contributed by atoms with Crippen molar-refractivity contribution in [1.82, 2.24) is 0 Å². The Balaban J connectivity index is 2.30. The summed E-state index contributed by atoms with van der Waals surface area (Å²) in [6.07, 6.45) is 0.872. The lowest BCUT2D eigenvalue weighted by Gasteiger charge is -2.40. The molecule has 0 aliphatic carbocycles. The number of methoxy groups -OCH3 is 1. The number of benzene rings is 1. The van der Waals surface area contributed by atoms with Gasteiger partial charge >= 0.3 is 0 Å². The van der Waals surface area contributed by atoms with Crippen molar-refractivity contribution in [3.63, 3.8) is 0 Å². The minimum atomic E-state index is -0.478. The molecule has 1 aliphatic rings. The molecule has 0 bridgehead atoms. The molecule has 0 radical (unpaired) electrons. The predicted octanol–water partition coefficient (Wildman–Crippen LogP) is 1.30. The number of aliphatic hydroxyl groups excluding tert-OH is 1. The van der Waals surface area contributed by atoms with E-state index < -0.39 is 5.60 Å². The zero-order chi connectivity index (χ0) is 10.0. The Morgan fingerprint density at radius 3 is 2.86 bits per heavy atom. The van der Waals surface area contributed by atoms with Crippen molar-refractivity contribution in [2.24, 2.45) is 0 Å². The van der Waals surface area contributed by atoms with E-state index in [2.05, 4.69) is 0 Å². The molecule has 1 heterocycles. The number of hydrogen-bond acceptors (Lipinski definition) is 3. The van der Waals surface area contributed by atoms with E-state index in [1.54, 1.807) is 7.11 Å². The van der Waals surface area contributed by atoms with Gasteiger partial charge in [-0.2, -0.15) is 0 Å². The quantitative estimate of drug-likeness (QED) is 0.788. The summed E-state index contributed by atoms with van der Waals surface area (Å²) in [5.41, 5.74) is 0.514. The van der Waals surface area contributed by atoms with E-state index in [4.69, 9.17) is 9.47 Å². The van der Waals surface area contributed by atoms with Crippen molar-refractivity contribution in [3.8, 4) is 5.75 Å². The molecule has 0 aromatic heterocycles. The van der Waals surface area contributed by atoms with Crippen molar-refractivity contribution in [3.05, 3.63) is 29.8 Å². The van der Waals surface area contributed by atoms with E-state index >= 15 is 0 Å². The summed E-state index contributed by atoms with van der Waals surface area (Å²) in [6.45, 7) is 0.748. The van der Waals surface area contributed by atoms with E-state index in [9.17, 15) is 5.11 Å². The van der Waals surface area contributed by atoms with Crippen LogP contribution in [0.3, 0.4) is 0 Å². The smallest absolute Gasteiger partial charge is 0.119 e. The number of hydrogen-bond donors (Lipinski definition) is 1. The zero-order valence-corrected chi connectivity index (χ0v) is 8.19. The molecule has 3 nitrogen and oxygen atoms in total. The lowest BCUT2D eigenvalue weighted by Crippen LogP contribution is -2.44. The van der Waals surface area contributed by atoms with Crippen LogP contribution >= 0.6 is 0 Å². The van der Waals surface area contributed by atoms with Gasteiger partial charge in [0.25, 0.3) is 0 Å². The largest absolute Gasteiger partial charge is 0.497 e. The first-order valence-corrected chi connectivity index (χ1v) is 4.70. The van der Waals surface area contributed by atoms with E-state index in [0.717, 1.165) is 24.3 Å². The van der Waals surface area contributed by atoms with Gasteiger partial charge in [-0.3, -0.25) is 0 Å². The normalized spacial score (nSPS) is 25.6. The molecule has 0 amide bonds. The van der Waals surface area contributed by atoms with Crippen LogP contribution in [0.15, 0.2) is 24.3 Å². The first kappa shape index (κ1) is 9.49.